The van der Waals surface area contributed by atoms with Crippen molar-refractivity contribution < 1.29 is 48.3 Å². The van der Waals surface area contributed by atoms with Crippen molar-refractivity contribution >= 4 is 17.7 Å². The van der Waals surface area contributed by atoms with E-state index >= 15 is 0 Å². The zero-order valence-electron chi connectivity index (χ0n) is 31.9. The molecule has 4 aliphatic heterocycles. The predicted molar refractivity (Wildman–Crippen MR) is 197 cm³/mol. The van der Waals surface area contributed by atoms with Crippen molar-refractivity contribution in [3.63, 3.8) is 0 Å². The standard InChI is InChI=1S/C42H55NO10/c1-24(2)36-27(5)18-19-41(53-36)22-32-21-31(52-41)17-16-26(4)37(51-40(46)34(43-48-7)29-13-9-8-10-14-29)25(3)12-11-15-30-23-49-38-35(44)28(6)20-33(39(45)50-32)42(30,38)47/h8-16,20,24-25,27-28,31-32,35-38,44,47H,17-19,21-23H2,1-7H3/b12-11+,26-16+,30-15+,43-34+/t25-,27-,28-,31+,32-,35+,36+,37+,38?,41?,42+/m0/s1. The van der Waals surface area contributed by atoms with E-state index in [1.165, 1.54) is 7.11 Å². The molecule has 11 atom stereocenters. The van der Waals surface area contributed by atoms with E-state index in [0.717, 1.165) is 12.0 Å². The number of ether oxygens (including phenoxy) is 5. The number of rotatable bonds is 5. The number of esters is 2. The van der Waals surface area contributed by atoms with Crippen molar-refractivity contribution in [3.05, 3.63) is 83.0 Å². The Morgan fingerprint density at radius 3 is 2.55 bits per heavy atom. The molecule has 11 nitrogen and oxygen atoms in total. The molecular weight excluding hydrogens is 678 g/mol. The average Bonchev–Trinajstić information content (AvgIpc) is 3.47. The Kier molecular flexibility index (Phi) is 11.8. The van der Waals surface area contributed by atoms with E-state index in [2.05, 4.69) is 25.9 Å². The number of aliphatic hydroxyl groups excluding tert-OH is 1. The Hall–Kier alpha value is -3.61. The summed E-state index contributed by atoms with van der Waals surface area (Å²) in [6, 6.07) is 9.00. The van der Waals surface area contributed by atoms with E-state index in [1.807, 2.05) is 44.2 Å². The van der Waals surface area contributed by atoms with Gasteiger partial charge in [-0.15, -0.1) is 0 Å². The van der Waals surface area contributed by atoms with Crippen LogP contribution in [-0.4, -0.2) is 89.6 Å². The first kappa shape index (κ1) is 39.1. The zero-order chi connectivity index (χ0) is 38.1. The van der Waals surface area contributed by atoms with Crippen molar-refractivity contribution in [3.8, 4) is 0 Å². The minimum absolute atomic E-state index is 0.00458. The first-order chi connectivity index (χ1) is 25.3. The fraction of sp³-hybridized carbons (Fsp3) is 0.595. The summed E-state index contributed by atoms with van der Waals surface area (Å²) in [4.78, 5) is 33.0. The van der Waals surface area contributed by atoms with Crippen LogP contribution in [0.1, 0.15) is 79.2 Å². The summed E-state index contributed by atoms with van der Waals surface area (Å²) in [6.45, 7) is 12.1. The number of oxime groups is 1. The maximum atomic E-state index is 14.2. The molecule has 1 aromatic rings. The Morgan fingerprint density at radius 2 is 1.83 bits per heavy atom. The van der Waals surface area contributed by atoms with Crippen LogP contribution in [-0.2, 0) is 38.1 Å². The number of nitrogens with zero attached hydrogens (tertiary/aromatic N) is 1. The van der Waals surface area contributed by atoms with Crippen LogP contribution in [0.25, 0.3) is 0 Å². The van der Waals surface area contributed by atoms with Gasteiger partial charge in [0.15, 0.2) is 11.5 Å². The monoisotopic (exact) mass is 733 g/mol. The van der Waals surface area contributed by atoms with Crippen molar-refractivity contribution in [2.75, 3.05) is 13.7 Å². The number of fused-ring (bicyclic) bond motifs is 2. The SMILES string of the molecule is CO/N=C(/C(=O)O[C@H]1/C(C)=C/C[C@@H]2C[C@@H](CC3(CC[C@H](C)[C@@H](C(C)C)O3)O2)OC(=O)C2=C[C@H](C)[C@@H](O)C3OC/C(=C\C=C\[C@@H]1C)[C@@]23O)c1ccccc1. The molecule has 0 radical (unpaired) electrons. The summed E-state index contributed by atoms with van der Waals surface area (Å²) < 4.78 is 32.1. The van der Waals surface area contributed by atoms with Crippen LogP contribution < -0.4 is 0 Å². The van der Waals surface area contributed by atoms with Gasteiger partial charge in [0.25, 0.3) is 0 Å². The Balaban J connectivity index is 1.40. The van der Waals surface area contributed by atoms with Crippen LogP contribution in [0.4, 0.5) is 0 Å². The van der Waals surface area contributed by atoms with Gasteiger partial charge in [-0.05, 0) is 42.7 Å². The number of hydrogen-bond acceptors (Lipinski definition) is 11. The molecule has 2 bridgehead atoms. The van der Waals surface area contributed by atoms with Crippen LogP contribution in [0.2, 0.25) is 0 Å². The molecule has 288 valence electrons. The molecule has 1 aliphatic carbocycles. The van der Waals surface area contributed by atoms with Gasteiger partial charge < -0.3 is 38.7 Å². The highest BCUT2D eigenvalue weighted by Crippen LogP contribution is 2.47. The van der Waals surface area contributed by atoms with Gasteiger partial charge in [0, 0.05) is 36.7 Å². The number of hydrogen-bond donors (Lipinski definition) is 2. The van der Waals surface area contributed by atoms with Gasteiger partial charge in [0.1, 0.15) is 31.0 Å². The van der Waals surface area contributed by atoms with Gasteiger partial charge in [-0.1, -0.05) is 100 Å². The minimum Gasteiger partial charge on any atom is -0.459 e. The number of benzene rings is 1. The molecule has 0 aromatic heterocycles. The molecule has 0 saturated carbocycles. The molecule has 0 amide bonds. The first-order valence-corrected chi connectivity index (χ1v) is 19.0. The van der Waals surface area contributed by atoms with Gasteiger partial charge in [-0.2, -0.15) is 0 Å². The van der Waals surface area contributed by atoms with E-state index in [1.54, 1.807) is 37.3 Å². The van der Waals surface area contributed by atoms with Crippen LogP contribution >= 0.6 is 0 Å². The summed E-state index contributed by atoms with van der Waals surface area (Å²) in [7, 11) is 1.38. The van der Waals surface area contributed by atoms with Gasteiger partial charge >= 0.3 is 11.9 Å². The lowest BCUT2D eigenvalue weighted by molar-refractivity contribution is -0.339. The molecule has 53 heavy (non-hydrogen) atoms. The third-order valence-electron chi connectivity index (χ3n) is 11.5. The number of carbonyl (C=O) groups excluding carboxylic acids is 2. The lowest BCUT2D eigenvalue weighted by atomic mass is 9.72. The highest BCUT2D eigenvalue weighted by atomic mass is 16.7. The van der Waals surface area contributed by atoms with Crippen LogP contribution in [0.5, 0.6) is 0 Å². The van der Waals surface area contributed by atoms with E-state index in [4.69, 9.17) is 28.5 Å². The van der Waals surface area contributed by atoms with E-state index in [-0.39, 0.29) is 41.9 Å². The highest BCUT2D eigenvalue weighted by Gasteiger charge is 2.58. The number of aliphatic hydroxyl groups is 2. The summed E-state index contributed by atoms with van der Waals surface area (Å²) in [5.74, 6) is -2.46. The molecule has 4 heterocycles. The molecule has 11 heteroatoms. The van der Waals surface area contributed by atoms with Crippen LogP contribution in [0.3, 0.4) is 0 Å². The largest absolute Gasteiger partial charge is 0.459 e. The zero-order valence-corrected chi connectivity index (χ0v) is 31.9. The van der Waals surface area contributed by atoms with E-state index < -0.39 is 53.7 Å². The summed E-state index contributed by atoms with van der Waals surface area (Å²) in [6.07, 6.45) is 7.90. The lowest BCUT2D eigenvalue weighted by Crippen LogP contribution is -2.56. The molecule has 6 rings (SSSR count). The normalized spacial score (nSPS) is 40.6. The third-order valence-corrected chi connectivity index (χ3v) is 11.5. The van der Waals surface area contributed by atoms with Crippen molar-refractivity contribution in [1.29, 1.82) is 0 Å². The van der Waals surface area contributed by atoms with Gasteiger partial charge in [-0.3, -0.25) is 0 Å². The topological polar surface area (TPSA) is 142 Å². The Morgan fingerprint density at radius 1 is 1.08 bits per heavy atom. The van der Waals surface area contributed by atoms with E-state index in [9.17, 15) is 19.8 Å². The number of carbonyl (C=O) groups is 2. The first-order valence-electron chi connectivity index (χ1n) is 19.0. The molecule has 1 spiro atoms. The third kappa shape index (κ3) is 7.96. The summed E-state index contributed by atoms with van der Waals surface area (Å²) in [5, 5.41) is 27.5. The van der Waals surface area contributed by atoms with Crippen molar-refractivity contribution in [1.82, 2.24) is 0 Å². The molecule has 3 fully saturated rings. The van der Waals surface area contributed by atoms with E-state index in [0.29, 0.717) is 42.7 Å². The van der Waals surface area contributed by atoms with Gasteiger partial charge in [0.2, 0.25) is 0 Å². The molecule has 2 N–H and O–H groups in total. The molecule has 5 aliphatic rings. The molecule has 1 aromatic carbocycles. The van der Waals surface area contributed by atoms with Gasteiger partial charge in [-0.25, -0.2) is 9.59 Å². The highest BCUT2D eigenvalue weighted by molar-refractivity contribution is 6.43. The minimum atomic E-state index is -1.90. The second-order valence-corrected chi connectivity index (χ2v) is 15.8. The molecular formula is C42H55NO10. The summed E-state index contributed by atoms with van der Waals surface area (Å²) in [5.41, 5.74) is -0.0379. The maximum Gasteiger partial charge on any atom is 0.361 e. The van der Waals surface area contributed by atoms with Crippen LogP contribution in [0, 0.1) is 23.7 Å². The molecule has 2 unspecified atom stereocenters. The maximum absolute atomic E-state index is 14.2. The van der Waals surface area contributed by atoms with Crippen molar-refractivity contribution in [2.24, 2.45) is 28.8 Å². The second kappa shape index (κ2) is 16.0. The Labute approximate surface area is 312 Å². The number of allylic oxidation sites excluding steroid dienone is 2. The van der Waals surface area contributed by atoms with Crippen molar-refractivity contribution in [2.45, 2.75) is 122 Å². The fourth-order valence-electron chi connectivity index (χ4n) is 8.63. The second-order valence-electron chi connectivity index (χ2n) is 15.8. The van der Waals surface area contributed by atoms with Crippen LogP contribution in [0.15, 0.2) is 82.6 Å². The van der Waals surface area contributed by atoms with Gasteiger partial charge in [0.05, 0.1) is 30.5 Å². The predicted octanol–water partition coefficient (Wildman–Crippen LogP) is 5.74. The summed E-state index contributed by atoms with van der Waals surface area (Å²) >= 11 is 0. The average molecular weight is 734 g/mol. The lowest BCUT2D eigenvalue weighted by Gasteiger charge is -2.50. The fourth-order valence-corrected chi connectivity index (χ4v) is 8.63. The molecule has 3 saturated heterocycles. The smallest absolute Gasteiger partial charge is 0.361 e. The Bertz CT molecular complexity index is 1660. The quantitative estimate of drug-likeness (QED) is 0.167.